The SMILES string of the molecule is O=S(=O)([O-])CC(F)C(F)C(F)C(F)CCF.[K+]. The van der Waals surface area contributed by atoms with Crippen LogP contribution >= 0.6 is 0 Å². The average Bonchev–Trinajstić information content (AvgIpc) is 2.13. The summed E-state index contributed by atoms with van der Waals surface area (Å²) in [5.74, 6) is -1.78. The van der Waals surface area contributed by atoms with E-state index in [1.54, 1.807) is 0 Å². The van der Waals surface area contributed by atoms with Gasteiger partial charge in [0.25, 0.3) is 0 Å². The Balaban J connectivity index is 0. The zero-order valence-corrected chi connectivity index (χ0v) is 12.9. The fourth-order valence-corrected chi connectivity index (χ4v) is 1.52. The summed E-state index contributed by atoms with van der Waals surface area (Å²) in [5.41, 5.74) is 0. The van der Waals surface area contributed by atoms with Crippen LogP contribution in [0.15, 0.2) is 0 Å². The van der Waals surface area contributed by atoms with E-state index in [1.165, 1.54) is 0 Å². The fourth-order valence-electron chi connectivity index (χ4n) is 0.949. The van der Waals surface area contributed by atoms with Crippen LogP contribution in [0.25, 0.3) is 0 Å². The molecule has 4 atom stereocenters. The van der Waals surface area contributed by atoms with Crippen molar-refractivity contribution in [1.29, 1.82) is 0 Å². The Bertz CT molecular complexity index is 302. The van der Waals surface area contributed by atoms with Crippen LogP contribution in [0.5, 0.6) is 0 Å². The molecule has 17 heavy (non-hydrogen) atoms. The molecule has 0 N–H and O–H groups in total. The Kier molecular flexibility index (Phi) is 11.0. The first-order valence-electron chi connectivity index (χ1n) is 4.25. The van der Waals surface area contributed by atoms with Crippen LogP contribution in [-0.4, -0.2) is 50.1 Å². The molecule has 0 saturated carbocycles. The van der Waals surface area contributed by atoms with Crippen molar-refractivity contribution < 1.29 is 86.3 Å². The zero-order valence-electron chi connectivity index (χ0n) is 8.95. The van der Waals surface area contributed by atoms with Crippen LogP contribution in [0.3, 0.4) is 0 Å². The molecule has 0 radical (unpaired) electrons. The van der Waals surface area contributed by atoms with Crippen molar-refractivity contribution in [2.24, 2.45) is 0 Å². The molecule has 10 heteroatoms. The van der Waals surface area contributed by atoms with Gasteiger partial charge in [-0.3, -0.25) is 4.39 Å². The zero-order chi connectivity index (χ0) is 12.9. The van der Waals surface area contributed by atoms with Gasteiger partial charge in [0, 0.05) is 6.42 Å². The van der Waals surface area contributed by atoms with Crippen molar-refractivity contribution in [3.05, 3.63) is 0 Å². The molecule has 0 heterocycles. The Morgan fingerprint density at radius 2 is 1.41 bits per heavy atom. The van der Waals surface area contributed by atoms with Crippen molar-refractivity contribution in [2.75, 3.05) is 12.4 Å². The standard InChI is InChI=1S/C7H11F5O3S.K/c8-2-1-4(9)6(11)7(12)5(10)3-16(13,14)15;/h4-7H,1-3H2,(H,13,14,15);/q;+1/p-1. The first kappa shape index (κ1) is 20.5. The van der Waals surface area contributed by atoms with E-state index in [2.05, 4.69) is 0 Å². The van der Waals surface area contributed by atoms with Gasteiger partial charge in [0.15, 0.2) is 12.3 Å². The summed E-state index contributed by atoms with van der Waals surface area (Å²) in [4.78, 5) is 0. The van der Waals surface area contributed by atoms with Crippen LogP contribution in [-0.2, 0) is 10.1 Å². The van der Waals surface area contributed by atoms with E-state index in [4.69, 9.17) is 0 Å². The number of alkyl halides is 5. The van der Waals surface area contributed by atoms with Crippen molar-refractivity contribution in [3.8, 4) is 0 Å². The Morgan fingerprint density at radius 1 is 1.00 bits per heavy atom. The molecule has 0 bridgehead atoms. The topological polar surface area (TPSA) is 57.2 Å². The molecule has 0 aromatic carbocycles. The molecular weight excluding hydrogens is 298 g/mol. The number of halogens is 5. The molecule has 98 valence electrons. The molecule has 3 nitrogen and oxygen atoms in total. The third kappa shape index (κ3) is 8.84. The summed E-state index contributed by atoms with van der Waals surface area (Å²) in [6.07, 6.45) is -12.6. The maximum Gasteiger partial charge on any atom is 1.00 e. The van der Waals surface area contributed by atoms with Gasteiger partial charge in [-0.2, -0.15) is 0 Å². The van der Waals surface area contributed by atoms with E-state index in [0.29, 0.717) is 0 Å². The minimum atomic E-state index is -5.07. The average molecular weight is 308 g/mol. The predicted octanol–water partition coefficient (Wildman–Crippen LogP) is -1.75. The maximum absolute atomic E-state index is 12.8. The van der Waals surface area contributed by atoms with Crippen molar-refractivity contribution in [2.45, 2.75) is 31.1 Å². The molecule has 0 aromatic rings. The van der Waals surface area contributed by atoms with E-state index in [0.717, 1.165) is 0 Å². The molecule has 0 spiro atoms. The molecule has 0 aliphatic rings. The van der Waals surface area contributed by atoms with Gasteiger partial charge in [-0.05, 0) is 0 Å². The van der Waals surface area contributed by atoms with E-state index in [1.807, 2.05) is 0 Å². The molecule has 0 aliphatic carbocycles. The first-order chi connectivity index (χ1) is 7.19. The summed E-state index contributed by atoms with van der Waals surface area (Å²) < 4.78 is 92.5. The van der Waals surface area contributed by atoms with Crippen molar-refractivity contribution in [1.82, 2.24) is 0 Å². The second kappa shape index (κ2) is 9.16. The van der Waals surface area contributed by atoms with Crippen LogP contribution in [0.2, 0.25) is 0 Å². The molecule has 0 aliphatic heterocycles. The van der Waals surface area contributed by atoms with Gasteiger partial charge in [-0.25, -0.2) is 26.0 Å². The summed E-state index contributed by atoms with van der Waals surface area (Å²) >= 11 is 0. The fraction of sp³-hybridized carbons (Fsp3) is 1.00. The number of rotatable bonds is 7. The summed E-state index contributed by atoms with van der Waals surface area (Å²) in [5, 5.41) is 0. The second-order valence-corrected chi connectivity index (χ2v) is 4.57. The van der Waals surface area contributed by atoms with Gasteiger partial charge < -0.3 is 4.55 Å². The minimum Gasteiger partial charge on any atom is -0.748 e. The monoisotopic (exact) mass is 308 g/mol. The summed E-state index contributed by atoms with van der Waals surface area (Å²) in [6.45, 7) is -1.26. The van der Waals surface area contributed by atoms with Gasteiger partial charge in [-0.15, -0.1) is 0 Å². The van der Waals surface area contributed by atoms with Gasteiger partial charge in [0.05, 0.1) is 22.5 Å². The molecule has 0 aromatic heterocycles. The quantitative estimate of drug-likeness (QED) is 0.318. The molecule has 0 fully saturated rings. The summed E-state index contributed by atoms with van der Waals surface area (Å²) in [7, 11) is -5.07. The molecule has 0 rings (SSSR count). The van der Waals surface area contributed by atoms with Gasteiger partial charge in [0.2, 0.25) is 0 Å². The first-order valence-corrected chi connectivity index (χ1v) is 5.82. The Hall–Kier alpha value is 1.20. The number of hydrogen-bond donors (Lipinski definition) is 0. The van der Waals surface area contributed by atoms with Crippen LogP contribution < -0.4 is 51.4 Å². The predicted molar refractivity (Wildman–Crippen MR) is 44.7 cm³/mol. The smallest absolute Gasteiger partial charge is 0.748 e. The van der Waals surface area contributed by atoms with Crippen LogP contribution in [0, 0.1) is 0 Å². The maximum atomic E-state index is 12.8. The molecule has 4 unspecified atom stereocenters. The molecule has 0 saturated heterocycles. The van der Waals surface area contributed by atoms with Gasteiger partial charge in [-0.1, -0.05) is 0 Å². The molecular formula is C7H10F5KO3S. The van der Waals surface area contributed by atoms with Crippen LogP contribution in [0.4, 0.5) is 22.0 Å². The van der Waals surface area contributed by atoms with Crippen molar-refractivity contribution in [3.63, 3.8) is 0 Å². The Morgan fingerprint density at radius 3 is 1.76 bits per heavy atom. The summed E-state index contributed by atoms with van der Waals surface area (Å²) in [6, 6.07) is 0. The Labute approximate surface area is 138 Å². The largest absolute Gasteiger partial charge is 1.00 e. The van der Waals surface area contributed by atoms with Gasteiger partial charge >= 0.3 is 51.4 Å². The van der Waals surface area contributed by atoms with Gasteiger partial charge in [0.1, 0.15) is 12.3 Å². The normalized spacial score (nSPS) is 18.9. The third-order valence-corrected chi connectivity index (χ3v) is 2.47. The van der Waals surface area contributed by atoms with Crippen molar-refractivity contribution >= 4 is 10.1 Å². The van der Waals surface area contributed by atoms with E-state index in [-0.39, 0.29) is 51.4 Å². The minimum absolute atomic E-state index is 0. The third-order valence-electron chi connectivity index (χ3n) is 1.74. The van der Waals surface area contributed by atoms with E-state index in [9.17, 15) is 34.9 Å². The van der Waals surface area contributed by atoms with E-state index >= 15 is 0 Å². The van der Waals surface area contributed by atoms with Crippen LogP contribution in [0.1, 0.15) is 6.42 Å². The van der Waals surface area contributed by atoms with E-state index < -0.39 is 53.7 Å². The second-order valence-electron chi connectivity index (χ2n) is 3.12. The molecule has 0 amide bonds. The number of hydrogen-bond acceptors (Lipinski definition) is 3.